The van der Waals surface area contributed by atoms with Crippen molar-refractivity contribution in [2.45, 2.75) is 58.0 Å². The average molecular weight is 400 g/mol. The van der Waals surface area contributed by atoms with E-state index in [-0.39, 0.29) is 17.6 Å². The first-order chi connectivity index (χ1) is 14.2. The van der Waals surface area contributed by atoms with E-state index in [1.54, 1.807) is 12.1 Å². The monoisotopic (exact) mass is 399 g/mol. The highest BCUT2D eigenvalue weighted by Gasteiger charge is 2.22. The van der Waals surface area contributed by atoms with Crippen molar-refractivity contribution in [2.24, 2.45) is 5.92 Å². The van der Waals surface area contributed by atoms with Crippen LogP contribution in [0.3, 0.4) is 0 Å². The molecule has 1 aromatic carbocycles. The summed E-state index contributed by atoms with van der Waals surface area (Å²) < 4.78 is 15.6. The number of carbonyl (C=O) groups excluding carboxylic acids is 1. The van der Waals surface area contributed by atoms with E-state index >= 15 is 0 Å². The first kappa shape index (κ1) is 20.0. The molecule has 0 unspecified atom stereocenters. The van der Waals surface area contributed by atoms with Gasteiger partial charge in [-0.2, -0.15) is 0 Å². The van der Waals surface area contributed by atoms with Gasteiger partial charge in [-0.3, -0.25) is 9.69 Å². The Bertz CT molecular complexity index is 830. The minimum atomic E-state index is -0.188. The van der Waals surface area contributed by atoms with Crippen LogP contribution in [0.5, 0.6) is 0 Å². The van der Waals surface area contributed by atoms with Crippen molar-refractivity contribution in [3.05, 3.63) is 47.3 Å². The van der Waals surface area contributed by atoms with Gasteiger partial charge in [0.2, 0.25) is 5.91 Å². The molecule has 1 aliphatic carbocycles. The quantitative estimate of drug-likeness (QED) is 0.811. The zero-order chi connectivity index (χ0) is 20.1. The van der Waals surface area contributed by atoms with Crippen LogP contribution in [0.25, 0.3) is 0 Å². The normalized spacial score (nSPS) is 18.2. The predicted octanol–water partition coefficient (Wildman–Crippen LogP) is 2.71. The lowest BCUT2D eigenvalue weighted by Crippen LogP contribution is -2.33. The number of hydrogen-bond donors (Lipinski definition) is 1. The molecule has 0 bridgehead atoms. The molecule has 2 aromatic rings. The SMILES string of the molecule is O=C(NCCc1nnc2n1CCN(Cc1cccc(F)c1)CC2)C1CCCCC1. The van der Waals surface area contributed by atoms with Gasteiger partial charge >= 0.3 is 0 Å². The largest absolute Gasteiger partial charge is 0.355 e. The molecule has 0 atom stereocenters. The van der Waals surface area contributed by atoms with Crippen molar-refractivity contribution >= 4 is 5.91 Å². The average Bonchev–Trinajstić information content (AvgIpc) is 3.01. The minimum Gasteiger partial charge on any atom is -0.355 e. The molecule has 1 aliphatic heterocycles. The predicted molar refractivity (Wildman–Crippen MR) is 109 cm³/mol. The van der Waals surface area contributed by atoms with Crippen molar-refractivity contribution in [2.75, 3.05) is 19.6 Å². The van der Waals surface area contributed by atoms with Crippen LogP contribution in [0.15, 0.2) is 24.3 Å². The maximum absolute atomic E-state index is 13.4. The molecular weight excluding hydrogens is 369 g/mol. The number of rotatable bonds is 6. The van der Waals surface area contributed by atoms with E-state index in [4.69, 9.17) is 0 Å². The summed E-state index contributed by atoms with van der Waals surface area (Å²) in [6, 6.07) is 6.81. The zero-order valence-corrected chi connectivity index (χ0v) is 16.9. The molecule has 4 rings (SSSR count). The molecule has 2 heterocycles. The van der Waals surface area contributed by atoms with Crippen LogP contribution in [-0.4, -0.2) is 45.2 Å². The number of carbonyl (C=O) groups is 1. The number of aromatic nitrogens is 3. The van der Waals surface area contributed by atoms with Crippen LogP contribution in [0.4, 0.5) is 4.39 Å². The molecule has 0 radical (unpaired) electrons. The van der Waals surface area contributed by atoms with E-state index in [0.717, 1.165) is 62.7 Å². The molecule has 1 fully saturated rings. The van der Waals surface area contributed by atoms with E-state index in [0.29, 0.717) is 13.0 Å². The van der Waals surface area contributed by atoms with Crippen molar-refractivity contribution in [1.29, 1.82) is 0 Å². The van der Waals surface area contributed by atoms with Crippen molar-refractivity contribution in [1.82, 2.24) is 25.0 Å². The van der Waals surface area contributed by atoms with Crippen LogP contribution in [0, 0.1) is 11.7 Å². The Labute approximate surface area is 171 Å². The third-order valence-corrected chi connectivity index (χ3v) is 6.11. The Morgan fingerprint density at radius 2 is 2.00 bits per heavy atom. The van der Waals surface area contributed by atoms with E-state index in [9.17, 15) is 9.18 Å². The molecule has 2 aliphatic rings. The molecule has 0 saturated heterocycles. The first-order valence-electron chi connectivity index (χ1n) is 10.8. The minimum absolute atomic E-state index is 0.188. The highest BCUT2D eigenvalue weighted by molar-refractivity contribution is 5.78. The van der Waals surface area contributed by atoms with Gasteiger partial charge in [-0.25, -0.2) is 4.39 Å². The summed E-state index contributed by atoms with van der Waals surface area (Å²) in [5, 5.41) is 11.8. The molecule has 156 valence electrons. The topological polar surface area (TPSA) is 63.1 Å². The van der Waals surface area contributed by atoms with Crippen molar-refractivity contribution in [3.8, 4) is 0 Å². The molecular formula is C22H30FN5O. The van der Waals surface area contributed by atoms with Crippen LogP contribution in [-0.2, 0) is 30.7 Å². The number of benzene rings is 1. The summed E-state index contributed by atoms with van der Waals surface area (Å²) in [5.74, 6) is 2.14. The summed E-state index contributed by atoms with van der Waals surface area (Å²) in [6.45, 7) is 3.93. The Kier molecular flexibility index (Phi) is 6.54. The third kappa shape index (κ3) is 5.21. The maximum Gasteiger partial charge on any atom is 0.223 e. The van der Waals surface area contributed by atoms with Gasteiger partial charge in [0.15, 0.2) is 0 Å². The first-order valence-corrected chi connectivity index (χ1v) is 10.8. The van der Waals surface area contributed by atoms with E-state index < -0.39 is 0 Å². The highest BCUT2D eigenvalue weighted by Crippen LogP contribution is 2.23. The fourth-order valence-corrected chi connectivity index (χ4v) is 4.47. The summed E-state index contributed by atoms with van der Waals surface area (Å²) >= 11 is 0. The molecule has 1 amide bonds. The molecule has 1 N–H and O–H groups in total. The molecule has 0 spiro atoms. The van der Waals surface area contributed by atoms with Gasteiger partial charge in [0.1, 0.15) is 17.5 Å². The molecule has 1 aromatic heterocycles. The number of nitrogens with one attached hydrogen (secondary N) is 1. The standard InChI is InChI=1S/C22H30FN5O/c23-19-8-4-5-17(15-19)16-27-12-10-21-26-25-20(28(21)14-13-27)9-11-24-22(29)18-6-2-1-3-7-18/h4-5,8,15,18H,1-3,6-7,9-14,16H2,(H,24,29). The fraction of sp³-hybridized carbons (Fsp3) is 0.591. The number of nitrogens with zero attached hydrogens (tertiary/aromatic N) is 4. The number of amides is 1. The summed E-state index contributed by atoms with van der Waals surface area (Å²) in [7, 11) is 0. The van der Waals surface area contributed by atoms with Gasteiger partial charge in [-0.05, 0) is 30.5 Å². The Morgan fingerprint density at radius 1 is 1.14 bits per heavy atom. The smallest absolute Gasteiger partial charge is 0.223 e. The van der Waals surface area contributed by atoms with E-state index in [1.165, 1.54) is 25.3 Å². The van der Waals surface area contributed by atoms with E-state index in [1.807, 2.05) is 6.07 Å². The fourth-order valence-electron chi connectivity index (χ4n) is 4.47. The molecule has 7 heteroatoms. The van der Waals surface area contributed by atoms with Gasteiger partial charge in [0.05, 0.1) is 0 Å². The van der Waals surface area contributed by atoms with Gasteiger partial charge in [0, 0.05) is 51.5 Å². The summed E-state index contributed by atoms with van der Waals surface area (Å²) in [6.07, 6.45) is 7.17. The van der Waals surface area contributed by atoms with Gasteiger partial charge in [0.25, 0.3) is 0 Å². The molecule has 29 heavy (non-hydrogen) atoms. The lowest BCUT2D eigenvalue weighted by molar-refractivity contribution is -0.125. The van der Waals surface area contributed by atoms with Crippen LogP contribution in [0.2, 0.25) is 0 Å². The van der Waals surface area contributed by atoms with Crippen molar-refractivity contribution < 1.29 is 9.18 Å². The lowest BCUT2D eigenvalue weighted by atomic mass is 9.89. The zero-order valence-electron chi connectivity index (χ0n) is 16.9. The maximum atomic E-state index is 13.4. The number of hydrogen-bond acceptors (Lipinski definition) is 4. The van der Waals surface area contributed by atoms with E-state index in [2.05, 4.69) is 25.0 Å². The van der Waals surface area contributed by atoms with Crippen LogP contribution >= 0.6 is 0 Å². The Hall–Kier alpha value is -2.28. The third-order valence-electron chi connectivity index (χ3n) is 6.11. The Morgan fingerprint density at radius 3 is 2.83 bits per heavy atom. The van der Waals surface area contributed by atoms with Gasteiger partial charge in [-0.15, -0.1) is 10.2 Å². The number of fused-ring (bicyclic) bond motifs is 1. The summed E-state index contributed by atoms with van der Waals surface area (Å²) in [4.78, 5) is 14.7. The second kappa shape index (κ2) is 9.48. The van der Waals surface area contributed by atoms with Gasteiger partial charge in [-0.1, -0.05) is 31.4 Å². The van der Waals surface area contributed by atoms with Crippen molar-refractivity contribution in [3.63, 3.8) is 0 Å². The highest BCUT2D eigenvalue weighted by atomic mass is 19.1. The second-order valence-electron chi connectivity index (χ2n) is 8.22. The molecule has 6 nitrogen and oxygen atoms in total. The Balaban J connectivity index is 1.28. The lowest BCUT2D eigenvalue weighted by Gasteiger charge is -2.20. The van der Waals surface area contributed by atoms with Crippen LogP contribution < -0.4 is 5.32 Å². The van der Waals surface area contributed by atoms with Gasteiger partial charge < -0.3 is 9.88 Å². The second-order valence-corrected chi connectivity index (χ2v) is 8.22. The number of halogens is 1. The van der Waals surface area contributed by atoms with Crippen LogP contribution in [0.1, 0.15) is 49.3 Å². The summed E-state index contributed by atoms with van der Waals surface area (Å²) in [5.41, 5.74) is 0.994. The molecule has 1 saturated carbocycles.